The second-order valence-corrected chi connectivity index (χ2v) is 8.32. The molecule has 1 aliphatic rings. The lowest BCUT2D eigenvalue weighted by molar-refractivity contribution is -0.137. The van der Waals surface area contributed by atoms with Crippen molar-refractivity contribution < 1.29 is 22.4 Å². The first-order valence-electron chi connectivity index (χ1n) is 9.10. The second-order valence-electron chi connectivity index (χ2n) is 6.80. The van der Waals surface area contributed by atoms with Crippen LogP contribution in [0.3, 0.4) is 0 Å². The van der Waals surface area contributed by atoms with Gasteiger partial charge in [0.25, 0.3) is 0 Å². The number of nitrogens with one attached hydrogen (secondary N) is 1. The summed E-state index contributed by atoms with van der Waals surface area (Å²) in [4.78, 5) is 18.9. The van der Waals surface area contributed by atoms with Gasteiger partial charge in [0.2, 0.25) is 0 Å². The van der Waals surface area contributed by atoms with Crippen molar-refractivity contribution in [1.29, 1.82) is 0 Å². The molecule has 11 heteroatoms. The van der Waals surface area contributed by atoms with Crippen LogP contribution in [0.5, 0.6) is 0 Å². The van der Waals surface area contributed by atoms with E-state index in [1.807, 2.05) is 13.0 Å². The van der Waals surface area contributed by atoms with Crippen molar-refractivity contribution in [3.63, 3.8) is 0 Å². The number of rotatable bonds is 5. The number of H-pyrrole nitrogens is 1. The van der Waals surface area contributed by atoms with Gasteiger partial charge in [-0.25, -0.2) is 9.78 Å². The van der Waals surface area contributed by atoms with Crippen LogP contribution in [-0.2, 0) is 17.5 Å². The van der Waals surface area contributed by atoms with Crippen LogP contribution in [-0.4, -0.2) is 15.1 Å². The lowest BCUT2D eigenvalue weighted by Gasteiger charge is -2.17. The number of nitrogens with zero attached hydrogens (tertiary/aromatic N) is 2. The van der Waals surface area contributed by atoms with Crippen LogP contribution in [0.25, 0.3) is 10.6 Å². The van der Waals surface area contributed by atoms with Crippen LogP contribution >= 0.6 is 22.9 Å². The summed E-state index contributed by atoms with van der Waals surface area (Å²) < 4.78 is 48.6. The third-order valence-electron chi connectivity index (χ3n) is 4.68. The van der Waals surface area contributed by atoms with Crippen molar-refractivity contribution in [1.82, 2.24) is 15.1 Å². The van der Waals surface area contributed by atoms with E-state index in [1.165, 1.54) is 23.5 Å². The molecule has 1 aliphatic carbocycles. The average molecular weight is 470 g/mol. The minimum atomic E-state index is -4.37. The van der Waals surface area contributed by atoms with Crippen molar-refractivity contribution in [2.45, 2.75) is 32.0 Å². The Balaban J connectivity index is 1.42. The highest BCUT2D eigenvalue weighted by Gasteiger charge is 2.30. The van der Waals surface area contributed by atoms with E-state index >= 15 is 0 Å². The molecule has 0 radical (unpaired) electrons. The van der Waals surface area contributed by atoms with E-state index in [9.17, 15) is 18.0 Å². The van der Waals surface area contributed by atoms with Gasteiger partial charge < -0.3 is 4.74 Å². The number of halogens is 4. The third-order valence-corrected chi connectivity index (χ3v) is 6.23. The zero-order valence-corrected chi connectivity index (χ0v) is 17.6. The molecule has 4 rings (SSSR count). The molecule has 1 unspecified atom stereocenters. The predicted octanol–water partition coefficient (Wildman–Crippen LogP) is 5.52. The Hall–Kier alpha value is -2.85. The first-order valence-corrected chi connectivity index (χ1v) is 10.3. The van der Waals surface area contributed by atoms with Crippen molar-refractivity contribution in [2.24, 2.45) is 0 Å². The number of ether oxygens (including phenoxy) is 1. The Bertz CT molecular complexity index is 1210. The molecule has 0 aliphatic heterocycles. The van der Waals surface area contributed by atoms with Crippen LogP contribution in [0, 0.1) is 6.92 Å². The van der Waals surface area contributed by atoms with Gasteiger partial charge in [-0.05, 0) is 37.6 Å². The topological polar surface area (TPSA) is 81.0 Å². The van der Waals surface area contributed by atoms with E-state index in [0.29, 0.717) is 33.6 Å². The Morgan fingerprint density at radius 2 is 2.06 bits per heavy atom. The molecule has 0 saturated heterocycles. The number of hydrogen-bond acceptors (Lipinski definition) is 6. The maximum atomic E-state index is 12.7. The molecule has 31 heavy (non-hydrogen) atoms. The molecule has 0 fully saturated rings. The summed E-state index contributed by atoms with van der Waals surface area (Å²) in [5.74, 6) is -0.0381. The second kappa shape index (κ2) is 8.35. The van der Waals surface area contributed by atoms with E-state index in [-0.39, 0.29) is 12.5 Å². The Morgan fingerprint density at radius 1 is 1.32 bits per heavy atom. The van der Waals surface area contributed by atoms with E-state index in [2.05, 4.69) is 19.6 Å². The van der Waals surface area contributed by atoms with Crippen molar-refractivity contribution in [2.75, 3.05) is 0 Å². The lowest BCUT2D eigenvalue weighted by Crippen LogP contribution is -2.08. The summed E-state index contributed by atoms with van der Waals surface area (Å²) >= 11 is 7.67. The highest BCUT2D eigenvalue weighted by atomic mass is 35.5. The van der Waals surface area contributed by atoms with Gasteiger partial charge in [0.1, 0.15) is 17.4 Å². The minimum absolute atomic E-state index is 0.238. The number of hydrogen-bond donors (Lipinski definition) is 1. The molecule has 1 aromatic carbocycles. The summed E-state index contributed by atoms with van der Waals surface area (Å²) in [6.07, 6.45) is -0.418. The highest BCUT2D eigenvalue weighted by molar-refractivity contribution is 7.15. The highest BCUT2D eigenvalue weighted by Crippen LogP contribution is 2.35. The molecule has 6 nitrogen and oxygen atoms in total. The molecular formula is C20H15ClF3N3O3S. The Kier molecular flexibility index (Phi) is 5.76. The van der Waals surface area contributed by atoms with E-state index in [1.54, 1.807) is 6.08 Å². The van der Waals surface area contributed by atoms with Gasteiger partial charge in [-0.1, -0.05) is 28.9 Å². The molecule has 1 atom stereocenters. The van der Waals surface area contributed by atoms with E-state index in [0.717, 1.165) is 22.7 Å². The van der Waals surface area contributed by atoms with Crippen LogP contribution in [0.15, 0.2) is 56.5 Å². The van der Waals surface area contributed by atoms with Gasteiger partial charge in [-0.15, -0.1) is 11.3 Å². The van der Waals surface area contributed by atoms with Gasteiger partial charge in [0.15, 0.2) is 5.82 Å². The SMILES string of the molecule is Cc1nc(-c2ccc(C(F)(F)F)cc2)sc1COC1=CCC(c2noc(=O)[nH]2)C(Cl)=C1. The first kappa shape index (κ1) is 21.4. The molecule has 0 bridgehead atoms. The smallest absolute Gasteiger partial charge is 0.438 e. The monoisotopic (exact) mass is 469 g/mol. The number of benzene rings is 1. The van der Waals surface area contributed by atoms with Gasteiger partial charge in [0.05, 0.1) is 22.1 Å². The molecular weight excluding hydrogens is 455 g/mol. The zero-order chi connectivity index (χ0) is 22.2. The first-order chi connectivity index (χ1) is 14.7. The zero-order valence-electron chi connectivity index (χ0n) is 16.0. The molecule has 2 aromatic heterocycles. The van der Waals surface area contributed by atoms with Crippen molar-refractivity contribution >= 4 is 22.9 Å². The summed E-state index contributed by atoms with van der Waals surface area (Å²) in [5.41, 5.74) is 0.648. The number of allylic oxidation sites excluding steroid dienone is 3. The predicted molar refractivity (Wildman–Crippen MR) is 109 cm³/mol. The molecule has 1 N–H and O–H groups in total. The quantitative estimate of drug-likeness (QED) is 0.531. The summed E-state index contributed by atoms with van der Waals surface area (Å²) in [6, 6.07) is 4.90. The van der Waals surface area contributed by atoms with E-state index < -0.39 is 17.5 Å². The number of alkyl halides is 3. The third kappa shape index (κ3) is 4.75. The van der Waals surface area contributed by atoms with Crippen LogP contribution in [0.1, 0.15) is 34.3 Å². The van der Waals surface area contributed by atoms with Gasteiger partial charge in [-0.2, -0.15) is 13.2 Å². The maximum Gasteiger partial charge on any atom is 0.438 e. The standard InChI is InChI=1S/C20H15ClF3N3O3S/c1-10-16(31-18(25-10)11-2-4-12(5-3-11)20(22,23)24)9-29-13-6-7-14(15(21)8-13)17-26-19(28)30-27-17/h2-6,8,14H,7,9H2,1H3,(H,26,27,28). The molecule has 0 amide bonds. The number of thiazole rings is 1. The average Bonchev–Trinajstić information content (AvgIpc) is 3.31. The minimum Gasteiger partial charge on any atom is -0.488 e. The van der Waals surface area contributed by atoms with Gasteiger partial charge >= 0.3 is 11.9 Å². The fourth-order valence-electron chi connectivity index (χ4n) is 3.01. The number of aromatic amines is 1. The maximum absolute atomic E-state index is 12.7. The fourth-order valence-corrected chi connectivity index (χ4v) is 4.29. The molecule has 3 aromatic rings. The fraction of sp³-hybridized carbons (Fsp3) is 0.250. The van der Waals surface area contributed by atoms with Crippen LogP contribution in [0.4, 0.5) is 13.2 Å². The Labute approximate surface area is 183 Å². The van der Waals surface area contributed by atoms with Crippen molar-refractivity contribution in [3.8, 4) is 10.6 Å². The normalized spacial score (nSPS) is 16.7. The summed E-state index contributed by atoms with van der Waals surface area (Å²) in [7, 11) is 0. The number of aromatic nitrogens is 3. The summed E-state index contributed by atoms with van der Waals surface area (Å²) in [6.45, 7) is 2.06. The van der Waals surface area contributed by atoms with E-state index in [4.69, 9.17) is 16.3 Å². The largest absolute Gasteiger partial charge is 0.488 e. The van der Waals surface area contributed by atoms with Crippen molar-refractivity contribution in [3.05, 3.63) is 79.7 Å². The van der Waals surface area contributed by atoms with Crippen LogP contribution in [0.2, 0.25) is 0 Å². The lowest BCUT2D eigenvalue weighted by atomic mass is 9.99. The molecule has 2 heterocycles. The van der Waals surface area contributed by atoms with Gasteiger partial charge in [0, 0.05) is 10.6 Å². The summed E-state index contributed by atoms with van der Waals surface area (Å²) in [5, 5.41) is 4.73. The molecule has 0 spiro atoms. The van der Waals surface area contributed by atoms with Gasteiger partial charge in [-0.3, -0.25) is 9.51 Å². The number of aryl methyl sites for hydroxylation is 1. The molecule has 0 saturated carbocycles. The molecule has 162 valence electrons. The Morgan fingerprint density at radius 3 is 2.68 bits per heavy atom. The van der Waals surface area contributed by atoms with Crippen LogP contribution < -0.4 is 5.76 Å².